The van der Waals surface area contributed by atoms with E-state index in [0.29, 0.717) is 63.8 Å². The fourth-order valence-corrected chi connectivity index (χ4v) is 10.8. The van der Waals surface area contributed by atoms with Crippen LogP contribution in [-0.2, 0) is 24.5 Å². The number of hydroxylamine groups is 2. The zero-order valence-electron chi connectivity index (χ0n) is 33.1. The van der Waals surface area contributed by atoms with Crippen molar-refractivity contribution in [1.29, 1.82) is 0 Å². The number of hydrogen-bond acceptors (Lipinski definition) is 13. The molecule has 308 valence electrons. The van der Waals surface area contributed by atoms with Crippen LogP contribution in [0.2, 0.25) is 0 Å². The van der Waals surface area contributed by atoms with Crippen LogP contribution in [0.5, 0.6) is 5.88 Å². The monoisotopic (exact) mass is 827 g/mol. The Morgan fingerprint density at radius 1 is 0.933 bits per heavy atom. The van der Waals surface area contributed by atoms with Gasteiger partial charge in [0, 0.05) is 73.7 Å². The first kappa shape index (κ1) is 38.4. The molecule has 3 aliphatic carbocycles. The van der Waals surface area contributed by atoms with Crippen molar-refractivity contribution in [3.63, 3.8) is 0 Å². The fourth-order valence-electron chi connectivity index (χ4n) is 9.68. The molecule has 3 aliphatic heterocycles. The van der Waals surface area contributed by atoms with Crippen molar-refractivity contribution in [2.24, 2.45) is 5.41 Å². The number of rotatable bonds is 9. The van der Waals surface area contributed by atoms with Crippen LogP contribution in [-0.4, -0.2) is 103 Å². The molecule has 2 N–H and O–H groups in total. The van der Waals surface area contributed by atoms with Crippen molar-refractivity contribution in [3.05, 3.63) is 77.0 Å². The molecule has 0 spiro atoms. The number of piperidine rings is 1. The van der Waals surface area contributed by atoms with Crippen LogP contribution in [0.1, 0.15) is 80.7 Å². The summed E-state index contributed by atoms with van der Waals surface area (Å²) < 4.78 is 7.46. The van der Waals surface area contributed by atoms with Gasteiger partial charge in [0.25, 0.3) is 0 Å². The molecule has 8 heterocycles. The quantitative estimate of drug-likeness (QED) is 0.137. The van der Waals surface area contributed by atoms with Crippen molar-refractivity contribution in [2.45, 2.75) is 81.6 Å². The molecule has 11 rings (SSSR count). The summed E-state index contributed by atoms with van der Waals surface area (Å²) in [6.45, 7) is 11.1. The Labute approximate surface area is 350 Å². The maximum atomic E-state index is 14.2. The molecule has 0 radical (unpaired) electrons. The molecule has 0 aromatic carbocycles. The minimum absolute atomic E-state index is 0.0897. The maximum Gasteiger partial charge on any atom is 0.238 e. The van der Waals surface area contributed by atoms with Gasteiger partial charge in [0.15, 0.2) is 5.01 Å². The van der Waals surface area contributed by atoms with Gasteiger partial charge in [-0.25, -0.2) is 14.3 Å². The van der Waals surface area contributed by atoms with Crippen LogP contribution in [0.4, 0.5) is 11.4 Å². The van der Waals surface area contributed by atoms with Gasteiger partial charge in [-0.2, -0.15) is 5.10 Å². The van der Waals surface area contributed by atoms with E-state index >= 15 is 0 Å². The van der Waals surface area contributed by atoms with Crippen LogP contribution in [0, 0.1) is 12.0 Å². The highest BCUT2D eigenvalue weighted by atomic mass is 32.1. The summed E-state index contributed by atoms with van der Waals surface area (Å²) in [5, 5.41) is 24.0. The normalized spacial score (nSPS) is 24.9. The van der Waals surface area contributed by atoms with Gasteiger partial charge in [0.05, 0.1) is 54.2 Å². The lowest BCUT2D eigenvalue weighted by Gasteiger charge is -2.53. The maximum absolute atomic E-state index is 14.2. The molecular formula is C43H45N11O5S. The van der Waals surface area contributed by atoms with Crippen LogP contribution in [0.25, 0.3) is 32.3 Å². The summed E-state index contributed by atoms with van der Waals surface area (Å²) >= 11 is 1.65. The lowest BCUT2D eigenvalue weighted by Crippen LogP contribution is -2.57. The number of nitrogens with one attached hydrogen (secondary N) is 2. The van der Waals surface area contributed by atoms with Crippen molar-refractivity contribution >= 4 is 45.9 Å². The average Bonchev–Trinajstić information content (AvgIpc) is 3.96. The first-order chi connectivity index (χ1) is 29.3. The van der Waals surface area contributed by atoms with E-state index < -0.39 is 5.92 Å². The van der Waals surface area contributed by atoms with Gasteiger partial charge in [-0.3, -0.25) is 24.7 Å². The molecule has 2 bridgehead atoms. The highest BCUT2D eigenvalue weighted by Crippen LogP contribution is 2.59. The molecular weight excluding hydrogens is 783 g/mol. The molecule has 16 nitrogen and oxygen atoms in total. The van der Waals surface area contributed by atoms with Crippen LogP contribution >= 0.6 is 11.3 Å². The van der Waals surface area contributed by atoms with E-state index in [0.717, 1.165) is 95.1 Å². The van der Waals surface area contributed by atoms with E-state index in [2.05, 4.69) is 31.6 Å². The summed E-state index contributed by atoms with van der Waals surface area (Å²) in [7, 11) is 0. The third kappa shape index (κ3) is 7.16. The summed E-state index contributed by atoms with van der Waals surface area (Å²) in [6, 6.07) is 11.7. The van der Waals surface area contributed by atoms with Crippen molar-refractivity contribution in [1.82, 2.24) is 45.1 Å². The van der Waals surface area contributed by atoms with E-state index in [1.54, 1.807) is 29.8 Å². The van der Waals surface area contributed by atoms with Gasteiger partial charge >= 0.3 is 0 Å². The second kappa shape index (κ2) is 15.6. The van der Waals surface area contributed by atoms with Crippen LogP contribution in [0.3, 0.4) is 0 Å². The number of carbonyl (C=O) groups excluding carboxylic acids is 3. The molecule has 0 unspecified atom stereocenters. The number of nitrogens with zero attached hydrogens (tertiary/aromatic N) is 9. The Kier molecular flexibility index (Phi) is 10.0. The Morgan fingerprint density at radius 2 is 1.73 bits per heavy atom. The zero-order chi connectivity index (χ0) is 40.8. The molecule has 3 saturated heterocycles. The van der Waals surface area contributed by atoms with Gasteiger partial charge in [-0.1, -0.05) is 17.4 Å². The average molecular weight is 828 g/mol. The first-order valence-electron chi connectivity index (χ1n) is 20.8. The van der Waals surface area contributed by atoms with Crippen LogP contribution in [0.15, 0.2) is 55.0 Å². The van der Waals surface area contributed by atoms with Gasteiger partial charge in [-0.15, -0.1) is 15.3 Å². The first-order valence-corrected chi connectivity index (χ1v) is 21.7. The van der Waals surface area contributed by atoms with Crippen LogP contribution < -0.4 is 15.5 Å². The standard InChI is InChI=1S/C43H45N11O5S/c1-44-29-22-30-3-5-35(54(30)47-25-29)34-23-33(48-28-8-20-58-21-9-28)32(26-45-34)39-50-51-40(60-39)42-10-13-43(14-11-42,15-12-42)41(57)52-16-18-53(19-17-52)59-37-7-2-27(24-46-37)31-4-6-36(55)49-38(31)56/h2-3,5,7,22-26,28,31H,4,6,8-21H2,(H,45,48)(H,49,55,56)/t31-,42?,43?/m1/s1. The number of imide groups is 1. The Morgan fingerprint density at radius 3 is 2.47 bits per heavy atom. The van der Waals surface area contributed by atoms with Crippen molar-refractivity contribution < 1.29 is 24.0 Å². The van der Waals surface area contributed by atoms with Gasteiger partial charge < -0.3 is 19.8 Å². The smallest absolute Gasteiger partial charge is 0.238 e. The van der Waals surface area contributed by atoms with Gasteiger partial charge in [0.1, 0.15) is 5.01 Å². The van der Waals surface area contributed by atoms with E-state index in [1.165, 1.54) is 0 Å². The number of piperazine rings is 1. The number of pyridine rings is 2. The third-order valence-electron chi connectivity index (χ3n) is 13.3. The molecule has 5 aromatic heterocycles. The summed E-state index contributed by atoms with van der Waals surface area (Å²) in [6.07, 6.45) is 12.9. The third-order valence-corrected chi connectivity index (χ3v) is 14.5. The number of carbonyl (C=O) groups is 3. The summed E-state index contributed by atoms with van der Waals surface area (Å²) in [4.78, 5) is 58.9. The summed E-state index contributed by atoms with van der Waals surface area (Å²) in [5.41, 5.74) is 5.11. The Hall–Kier alpha value is -5.83. The van der Waals surface area contributed by atoms with E-state index in [-0.39, 0.29) is 34.6 Å². The Bertz CT molecular complexity index is 2480. The Balaban J connectivity index is 0.790. The van der Waals surface area contributed by atoms with E-state index in [1.807, 2.05) is 44.9 Å². The largest absolute Gasteiger partial charge is 0.386 e. The highest BCUT2D eigenvalue weighted by molar-refractivity contribution is 7.14. The molecule has 6 fully saturated rings. The van der Waals surface area contributed by atoms with E-state index in [9.17, 15) is 14.4 Å². The predicted octanol–water partition coefficient (Wildman–Crippen LogP) is 5.70. The number of hydrogen-bond donors (Lipinski definition) is 2. The summed E-state index contributed by atoms with van der Waals surface area (Å²) in [5.74, 6) is -0.234. The second-order valence-corrected chi connectivity index (χ2v) is 17.7. The molecule has 3 saturated carbocycles. The zero-order valence-corrected chi connectivity index (χ0v) is 34.0. The number of anilines is 1. The number of aromatic nitrogens is 6. The van der Waals surface area contributed by atoms with Crippen molar-refractivity contribution in [3.8, 4) is 27.8 Å². The number of amides is 3. The molecule has 5 aromatic rings. The fraction of sp³-hybridized carbons (Fsp3) is 0.465. The number of fused-ring (bicyclic) bond motifs is 4. The molecule has 6 aliphatic rings. The van der Waals surface area contributed by atoms with Crippen molar-refractivity contribution in [2.75, 3.05) is 44.7 Å². The SMILES string of the molecule is [C-]#[N+]c1cnn2c(-c3cc(NC4CCOCC4)c(-c4nnc(C56CCC(C(=O)N7CCN(Oc8ccc([C@H]9CCC(=O)NC9=O)cn8)CC7)(CC5)CC6)s4)cn3)ccc2c1. The van der Waals surface area contributed by atoms with E-state index in [4.69, 9.17) is 31.3 Å². The second-order valence-electron chi connectivity index (χ2n) is 16.7. The lowest BCUT2D eigenvalue weighted by atomic mass is 9.53. The minimum Gasteiger partial charge on any atom is -0.386 e. The minimum atomic E-state index is -0.392. The van der Waals surface area contributed by atoms with Gasteiger partial charge in [0.2, 0.25) is 29.3 Å². The van der Waals surface area contributed by atoms with Gasteiger partial charge in [-0.05, 0) is 87.6 Å². The topological polar surface area (TPSA) is 173 Å². The number of ether oxygens (including phenoxy) is 1. The predicted molar refractivity (Wildman–Crippen MR) is 221 cm³/mol. The highest BCUT2D eigenvalue weighted by Gasteiger charge is 2.55. The lowest BCUT2D eigenvalue weighted by molar-refractivity contribution is -0.157. The molecule has 60 heavy (non-hydrogen) atoms. The molecule has 17 heteroatoms. The molecule has 3 amide bonds. The molecule has 1 atom stereocenters.